The van der Waals surface area contributed by atoms with Crippen LogP contribution in [0.3, 0.4) is 0 Å². The van der Waals surface area contributed by atoms with Crippen LogP contribution in [0.1, 0.15) is 13.8 Å². The Morgan fingerprint density at radius 2 is 1.56 bits per heavy atom. The van der Waals surface area contributed by atoms with Crippen molar-refractivity contribution < 1.29 is 35.3 Å². The fourth-order valence-electron chi connectivity index (χ4n) is 0.713. The average Bonchev–Trinajstić information content (AvgIpc) is 2.12. The van der Waals surface area contributed by atoms with Gasteiger partial charge in [-0.2, -0.15) is 0 Å². The fourth-order valence-corrected chi connectivity index (χ4v) is 2.14. The van der Waals surface area contributed by atoms with Crippen LogP contribution < -0.4 is 0 Å². The SMILES string of the molecule is CCOP(=O)(OCC)OCCOS(=O)(=O)[O-]. The molecule has 0 aromatic carbocycles. The van der Waals surface area contributed by atoms with E-state index in [0.29, 0.717) is 0 Å². The van der Waals surface area contributed by atoms with Gasteiger partial charge in [-0.25, -0.2) is 13.0 Å². The Balaban J connectivity index is 3.99. The molecule has 8 nitrogen and oxygen atoms in total. The molecule has 0 saturated carbocycles. The van der Waals surface area contributed by atoms with Crippen molar-refractivity contribution >= 4 is 18.2 Å². The predicted molar refractivity (Wildman–Crippen MR) is 52.5 cm³/mol. The zero-order valence-corrected chi connectivity index (χ0v) is 10.7. The molecule has 0 saturated heterocycles. The lowest BCUT2D eigenvalue weighted by Crippen LogP contribution is -2.11. The molecule has 0 aliphatic carbocycles. The van der Waals surface area contributed by atoms with Crippen molar-refractivity contribution in [3.63, 3.8) is 0 Å². The highest BCUT2D eigenvalue weighted by Gasteiger charge is 2.24. The van der Waals surface area contributed by atoms with Crippen LogP contribution in [0, 0.1) is 0 Å². The van der Waals surface area contributed by atoms with Crippen molar-refractivity contribution in [3.05, 3.63) is 0 Å². The summed E-state index contributed by atoms with van der Waals surface area (Å²) in [5, 5.41) is 0. The van der Waals surface area contributed by atoms with Crippen LogP contribution in [-0.2, 0) is 32.7 Å². The second-order valence-electron chi connectivity index (χ2n) is 2.35. The van der Waals surface area contributed by atoms with E-state index in [1.165, 1.54) is 0 Å². The molecule has 0 bridgehead atoms. The van der Waals surface area contributed by atoms with Crippen LogP contribution in [-0.4, -0.2) is 39.4 Å². The summed E-state index contributed by atoms with van der Waals surface area (Å²) in [5.74, 6) is 0. The number of phosphoric acid groups is 1. The van der Waals surface area contributed by atoms with Crippen LogP contribution in [0.2, 0.25) is 0 Å². The number of phosphoric ester groups is 1. The van der Waals surface area contributed by atoms with E-state index < -0.39 is 31.4 Å². The third-order valence-corrected chi connectivity index (χ3v) is 3.24. The van der Waals surface area contributed by atoms with Gasteiger partial charge in [0.1, 0.15) is 0 Å². The summed E-state index contributed by atoms with van der Waals surface area (Å²) in [6.07, 6.45) is 0. The van der Waals surface area contributed by atoms with Gasteiger partial charge in [0, 0.05) is 0 Å². The minimum absolute atomic E-state index is 0.109. The molecule has 0 fully saturated rings. The van der Waals surface area contributed by atoms with Gasteiger partial charge in [-0.15, -0.1) is 0 Å². The number of rotatable bonds is 9. The lowest BCUT2D eigenvalue weighted by molar-refractivity contribution is 0.104. The molecule has 0 aliphatic rings. The Labute approximate surface area is 94.4 Å². The molecule has 10 heteroatoms. The highest BCUT2D eigenvalue weighted by Crippen LogP contribution is 2.48. The largest absolute Gasteiger partial charge is 0.726 e. The molecule has 0 N–H and O–H groups in total. The standard InChI is InChI=1S/C6H15O8PS/c1-3-11-15(7,12-4-2)13-5-6-14-16(8,9)10/h3-6H2,1-2H3,(H,8,9,10)/p-1. The summed E-state index contributed by atoms with van der Waals surface area (Å²) in [6.45, 7) is 2.46. The van der Waals surface area contributed by atoms with Gasteiger partial charge in [-0.3, -0.25) is 17.8 Å². The Hall–Kier alpha value is -0.0200. The van der Waals surface area contributed by atoms with Crippen LogP contribution >= 0.6 is 7.82 Å². The Morgan fingerprint density at radius 3 is 1.94 bits per heavy atom. The molecule has 0 rings (SSSR count). The molecule has 0 unspecified atom stereocenters. The molecule has 0 aromatic heterocycles. The van der Waals surface area contributed by atoms with Gasteiger partial charge in [0.15, 0.2) is 0 Å². The van der Waals surface area contributed by atoms with Crippen LogP contribution in [0.15, 0.2) is 0 Å². The lowest BCUT2D eigenvalue weighted by atomic mass is 10.8. The monoisotopic (exact) mass is 277 g/mol. The Morgan fingerprint density at radius 1 is 1.06 bits per heavy atom. The summed E-state index contributed by atoms with van der Waals surface area (Å²) in [7, 11) is -8.45. The fraction of sp³-hybridized carbons (Fsp3) is 1.00. The van der Waals surface area contributed by atoms with Gasteiger partial charge >= 0.3 is 7.82 Å². The highest BCUT2D eigenvalue weighted by molar-refractivity contribution is 7.80. The van der Waals surface area contributed by atoms with Crippen molar-refractivity contribution in [3.8, 4) is 0 Å². The van der Waals surface area contributed by atoms with E-state index in [2.05, 4.69) is 8.71 Å². The first-order chi connectivity index (χ1) is 7.33. The van der Waals surface area contributed by atoms with E-state index in [0.717, 1.165) is 0 Å². The second kappa shape index (κ2) is 7.33. The van der Waals surface area contributed by atoms with Crippen LogP contribution in [0.5, 0.6) is 0 Å². The molecular weight excluding hydrogens is 263 g/mol. The van der Waals surface area contributed by atoms with Gasteiger partial charge in [0.2, 0.25) is 10.4 Å². The smallest absolute Gasteiger partial charge is 0.474 e. The van der Waals surface area contributed by atoms with E-state index >= 15 is 0 Å². The first kappa shape index (κ1) is 16.0. The minimum atomic E-state index is -4.77. The maximum absolute atomic E-state index is 11.6. The summed E-state index contributed by atoms with van der Waals surface area (Å²) < 4.78 is 59.7. The van der Waals surface area contributed by atoms with Crippen molar-refractivity contribution in [1.29, 1.82) is 0 Å². The summed E-state index contributed by atoms with van der Waals surface area (Å²) in [4.78, 5) is 0. The zero-order chi connectivity index (χ0) is 12.7. The quantitative estimate of drug-likeness (QED) is 0.261. The van der Waals surface area contributed by atoms with Gasteiger partial charge in [-0.05, 0) is 13.8 Å². The Bertz CT molecular complexity index is 315. The van der Waals surface area contributed by atoms with Crippen molar-refractivity contribution in [2.24, 2.45) is 0 Å². The normalized spacial score (nSPS) is 12.9. The summed E-state index contributed by atoms with van der Waals surface area (Å²) >= 11 is 0. The average molecular weight is 277 g/mol. The molecule has 0 heterocycles. The van der Waals surface area contributed by atoms with Crippen LogP contribution in [0.4, 0.5) is 0 Å². The summed E-state index contributed by atoms with van der Waals surface area (Å²) in [6, 6.07) is 0. The maximum atomic E-state index is 11.6. The third-order valence-electron chi connectivity index (χ3n) is 1.13. The van der Waals surface area contributed by atoms with Crippen molar-refractivity contribution in [2.75, 3.05) is 26.4 Å². The second-order valence-corrected chi connectivity index (χ2v) is 5.07. The minimum Gasteiger partial charge on any atom is -0.726 e. The van der Waals surface area contributed by atoms with Gasteiger partial charge in [0.25, 0.3) is 0 Å². The molecule has 0 spiro atoms. The van der Waals surface area contributed by atoms with E-state index in [4.69, 9.17) is 9.05 Å². The molecule has 0 amide bonds. The van der Waals surface area contributed by atoms with E-state index in [1.54, 1.807) is 13.8 Å². The first-order valence-electron chi connectivity index (χ1n) is 4.47. The third kappa shape index (κ3) is 8.17. The highest BCUT2D eigenvalue weighted by atomic mass is 32.3. The topological polar surface area (TPSA) is 111 Å². The molecule has 0 aromatic rings. The van der Waals surface area contributed by atoms with E-state index in [9.17, 15) is 17.5 Å². The Kier molecular flexibility index (Phi) is 7.32. The summed E-state index contributed by atoms with van der Waals surface area (Å²) in [5.41, 5.74) is 0. The number of hydrogen-bond acceptors (Lipinski definition) is 8. The van der Waals surface area contributed by atoms with Gasteiger partial charge in [0.05, 0.1) is 26.4 Å². The lowest BCUT2D eigenvalue weighted by Gasteiger charge is -2.16. The van der Waals surface area contributed by atoms with Crippen LogP contribution in [0.25, 0.3) is 0 Å². The van der Waals surface area contributed by atoms with Gasteiger partial charge in [-0.1, -0.05) is 0 Å². The molecular formula is C6H14O8PS-. The maximum Gasteiger partial charge on any atom is 0.474 e. The van der Waals surface area contributed by atoms with E-state index in [1.807, 2.05) is 0 Å². The molecule has 0 radical (unpaired) electrons. The molecule has 0 aliphatic heterocycles. The first-order valence-corrected chi connectivity index (χ1v) is 7.26. The molecule has 16 heavy (non-hydrogen) atoms. The number of hydrogen-bond donors (Lipinski definition) is 0. The predicted octanol–water partition coefficient (Wildman–Crippen LogP) is 0.661. The van der Waals surface area contributed by atoms with Gasteiger partial charge < -0.3 is 4.55 Å². The van der Waals surface area contributed by atoms with Crippen molar-refractivity contribution in [2.45, 2.75) is 13.8 Å². The van der Waals surface area contributed by atoms with E-state index in [-0.39, 0.29) is 13.2 Å². The zero-order valence-electron chi connectivity index (χ0n) is 8.95. The van der Waals surface area contributed by atoms with Crippen molar-refractivity contribution in [1.82, 2.24) is 0 Å². The molecule has 0 atom stereocenters. The molecule has 98 valence electrons.